The van der Waals surface area contributed by atoms with Crippen LogP contribution >= 0.6 is 23.4 Å². The SMILES string of the molecule is CC(Sc1nnc(-c2cccc(Cl)c2)o1)C(=O)NC(=O)NC1CC1. The second kappa shape index (κ2) is 7.23. The molecular weight excluding hydrogens is 352 g/mol. The molecule has 1 aromatic heterocycles. The Kier molecular flexibility index (Phi) is 5.06. The number of hydrogen-bond donors (Lipinski definition) is 2. The van der Waals surface area contributed by atoms with Gasteiger partial charge in [-0.2, -0.15) is 0 Å². The van der Waals surface area contributed by atoms with Crippen LogP contribution in [0.3, 0.4) is 0 Å². The van der Waals surface area contributed by atoms with E-state index in [1.54, 1.807) is 31.2 Å². The molecule has 9 heteroatoms. The van der Waals surface area contributed by atoms with Crippen LogP contribution in [0.2, 0.25) is 5.02 Å². The normalized spacial score (nSPS) is 14.9. The van der Waals surface area contributed by atoms with E-state index < -0.39 is 17.2 Å². The highest BCUT2D eigenvalue weighted by Gasteiger charge is 2.25. The van der Waals surface area contributed by atoms with Gasteiger partial charge in [0.1, 0.15) is 0 Å². The van der Waals surface area contributed by atoms with Gasteiger partial charge in [-0.25, -0.2) is 4.79 Å². The number of nitrogens with zero attached hydrogens (tertiary/aromatic N) is 2. The molecule has 0 aliphatic heterocycles. The number of carbonyl (C=O) groups excluding carboxylic acids is 2. The number of thioether (sulfide) groups is 1. The molecule has 1 unspecified atom stereocenters. The van der Waals surface area contributed by atoms with Crippen LogP contribution in [-0.4, -0.2) is 33.4 Å². The number of aromatic nitrogens is 2. The second-order valence-electron chi connectivity index (χ2n) is 5.38. The van der Waals surface area contributed by atoms with Gasteiger partial charge in [0, 0.05) is 16.6 Å². The first kappa shape index (κ1) is 16.8. The summed E-state index contributed by atoms with van der Waals surface area (Å²) in [6.07, 6.45) is 1.92. The van der Waals surface area contributed by atoms with Crippen LogP contribution < -0.4 is 10.6 Å². The molecule has 1 aliphatic carbocycles. The summed E-state index contributed by atoms with van der Waals surface area (Å²) >= 11 is 7.01. The van der Waals surface area contributed by atoms with E-state index in [-0.39, 0.29) is 11.3 Å². The van der Waals surface area contributed by atoms with E-state index in [2.05, 4.69) is 20.8 Å². The Morgan fingerprint density at radius 2 is 2.17 bits per heavy atom. The van der Waals surface area contributed by atoms with Gasteiger partial charge in [-0.15, -0.1) is 10.2 Å². The zero-order valence-corrected chi connectivity index (χ0v) is 14.4. The molecule has 7 nitrogen and oxygen atoms in total. The van der Waals surface area contributed by atoms with E-state index in [0.29, 0.717) is 16.5 Å². The average Bonchev–Trinajstić information content (AvgIpc) is 3.22. The molecule has 2 N–H and O–H groups in total. The molecule has 0 bridgehead atoms. The number of urea groups is 1. The Balaban J connectivity index is 1.57. The fraction of sp³-hybridized carbons (Fsp3) is 0.333. The molecule has 1 fully saturated rings. The summed E-state index contributed by atoms with van der Waals surface area (Å²) < 4.78 is 5.53. The summed E-state index contributed by atoms with van der Waals surface area (Å²) in [6.45, 7) is 1.66. The number of rotatable bonds is 5. The zero-order valence-electron chi connectivity index (χ0n) is 12.8. The lowest BCUT2D eigenvalue weighted by Gasteiger charge is -2.09. The molecule has 1 heterocycles. The molecule has 24 heavy (non-hydrogen) atoms. The van der Waals surface area contributed by atoms with Gasteiger partial charge in [-0.05, 0) is 38.0 Å². The maximum absolute atomic E-state index is 12.0. The minimum absolute atomic E-state index is 0.192. The summed E-state index contributed by atoms with van der Waals surface area (Å²) in [5, 5.41) is 13.1. The molecule has 126 valence electrons. The van der Waals surface area contributed by atoms with Crippen LogP contribution in [-0.2, 0) is 4.79 Å². The first-order chi connectivity index (χ1) is 11.5. The molecule has 1 aliphatic rings. The number of nitrogens with one attached hydrogen (secondary N) is 2. The van der Waals surface area contributed by atoms with Gasteiger partial charge in [0.05, 0.1) is 5.25 Å². The van der Waals surface area contributed by atoms with Crippen molar-refractivity contribution in [3.63, 3.8) is 0 Å². The number of benzene rings is 1. The Morgan fingerprint density at radius 3 is 2.88 bits per heavy atom. The third-order valence-corrected chi connectivity index (χ3v) is 4.44. The summed E-state index contributed by atoms with van der Waals surface area (Å²) in [7, 11) is 0. The van der Waals surface area contributed by atoms with Gasteiger partial charge in [-0.3, -0.25) is 10.1 Å². The zero-order chi connectivity index (χ0) is 17.1. The molecule has 0 radical (unpaired) electrons. The van der Waals surface area contributed by atoms with Crippen molar-refractivity contribution in [2.24, 2.45) is 0 Å². The van der Waals surface area contributed by atoms with E-state index in [1.165, 1.54) is 0 Å². The maximum atomic E-state index is 12.0. The van der Waals surface area contributed by atoms with Crippen molar-refractivity contribution < 1.29 is 14.0 Å². The van der Waals surface area contributed by atoms with Crippen LogP contribution in [0, 0.1) is 0 Å². The standard InChI is InChI=1S/C15H15ClN4O3S/c1-8(12(21)18-14(22)17-11-5-6-11)24-15-20-19-13(23-15)9-3-2-4-10(16)7-9/h2-4,7-8,11H,5-6H2,1H3,(H2,17,18,21,22). The summed E-state index contributed by atoms with van der Waals surface area (Å²) in [5.41, 5.74) is 0.697. The Labute approximate surface area is 147 Å². The highest BCUT2D eigenvalue weighted by atomic mass is 35.5. The molecule has 1 aromatic carbocycles. The summed E-state index contributed by atoms with van der Waals surface area (Å²) in [5.74, 6) is -0.0975. The smallest absolute Gasteiger partial charge is 0.321 e. The predicted octanol–water partition coefficient (Wildman–Crippen LogP) is 2.86. The lowest BCUT2D eigenvalue weighted by Crippen LogP contribution is -2.43. The van der Waals surface area contributed by atoms with Crippen molar-refractivity contribution >= 4 is 35.3 Å². The van der Waals surface area contributed by atoms with Crippen molar-refractivity contribution in [3.05, 3.63) is 29.3 Å². The minimum atomic E-state index is -0.553. The summed E-state index contributed by atoms with van der Waals surface area (Å²) in [6, 6.07) is 6.75. The molecule has 1 atom stereocenters. The number of carbonyl (C=O) groups is 2. The molecule has 2 aromatic rings. The van der Waals surface area contributed by atoms with E-state index >= 15 is 0 Å². The van der Waals surface area contributed by atoms with Crippen LogP contribution in [0.25, 0.3) is 11.5 Å². The van der Waals surface area contributed by atoms with Crippen LogP contribution in [0.4, 0.5) is 4.79 Å². The topological polar surface area (TPSA) is 97.1 Å². The quantitative estimate of drug-likeness (QED) is 0.790. The molecule has 3 rings (SSSR count). The number of imide groups is 1. The molecule has 3 amide bonds. The predicted molar refractivity (Wildman–Crippen MR) is 89.8 cm³/mol. The summed E-state index contributed by atoms with van der Waals surface area (Å²) in [4.78, 5) is 23.5. The fourth-order valence-electron chi connectivity index (χ4n) is 1.86. The van der Waals surface area contributed by atoms with E-state index in [0.717, 1.165) is 24.6 Å². The third-order valence-electron chi connectivity index (χ3n) is 3.27. The maximum Gasteiger partial charge on any atom is 0.321 e. The van der Waals surface area contributed by atoms with Crippen LogP contribution in [0.5, 0.6) is 0 Å². The fourth-order valence-corrected chi connectivity index (χ4v) is 2.74. The molecule has 0 saturated heterocycles. The van der Waals surface area contributed by atoms with Gasteiger partial charge >= 0.3 is 6.03 Å². The van der Waals surface area contributed by atoms with Gasteiger partial charge < -0.3 is 9.73 Å². The highest BCUT2D eigenvalue weighted by Crippen LogP contribution is 2.27. The first-order valence-corrected chi connectivity index (χ1v) is 8.64. The van der Waals surface area contributed by atoms with Gasteiger partial charge in [0.2, 0.25) is 11.8 Å². The van der Waals surface area contributed by atoms with Crippen LogP contribution in [0.1, 0.15) is 19.8 Å². The van der Waals surface area contributed by atoms with E-state index in [1.807, 2.05) is 0 Å². The van der Waals surface area contributed by atoms with Crippen molar-refractivity contribution in [2.45, 2.75) is 36.3 Å². The van der Waals surface area contributed by atoms with Gasteiger partial charge in [0.25, 0.3) is 5.22 Å². The largest absolute Gasteiger partial charge is 0.411 e. The number of amides is 3. The second-order valence-corrected chi connectivity index (χ2v) is 7.11. The van der Waals surface area contributed by atoms with E-state index in [9.17, 15) is 9.59 Å². The minimum Gasteiger partial charge on any atom is -0.411 e. The Hall–Kier alpha value is -2.06. The van der Waals surface area contributed by atoms with Crippen molar-refractivity contribution in [3.8, 4) is 11.5 Å². The highest BCUT2D eigenvalue weighted by molar-refractivity contribution is 8.00. The first-order valence-electron chi connectivity index (χ1n) is 7.39. The number of halogens is 1. The average molecular weight is 367 g/mol. The van der Waals surface area contributed by atoms with Gasteiger partial charge in [0.15, 0.2) is 0 Å². The Bertz CT molecular complexity index is 763. The van der Waals surface area contributed by atoms with Crippen LogP contribution in [0.15, 0.2) is 33.9 Å². The Morgan fingerprint density at radius 1 is 1.38 bits per heavy atom. The molecular formula is C15H15ClN4O3S. The van der Waals surface area contributed by atoms with Crippen molar-refractivity contribution in [2.75, 3.05) is 0 Å². The third kappa shape index (κ3) is 4.48. The van der Waals surface area contributed by atoms with Crippen molar-refractivity contribution in [1.82, 2.24) is 20.8 Å². The lowest BCUT2D eigenvalue weighted by atomic mass is 10.2. The van der Waals surface area contributed by atoms with E-state index in [4.69, 9.17) is 16.0 Å². The molecule has 1 saturated carbocycles. The van der Waals surface area contributed by atoms with Crippen molar-refractivity contribution in [1.29, 1.82) is 0 Å². The molecule has 0 spiro atoms. The van der Waals surface area contributed by atoms with Gasteiger partial charge in [-0.1, -0.05) is 29.4 Å². The monoisotopic (exact) mass is 366 g/mol. The lowest BCUT2D eigenvalue weighted by molar-refractivity contribution is -0.119. The number of hydrogen-bond acceptors (Lipinski definition) is 6.